The molecule has 1 N–H and O–H groups in total. The summed E-state index contributed by atoms with van der Waals surface area (Å²) in [5.74, 6) is 1.36. The molecular formula is C17H17NO. The van der Waals surface area contributed by atoms with Gasteiger partial charge < -0.3 is 9.67 Å². The predicted octanol–water partition coefficient (Wildman–Crippen LogP) is 3.66. The number of aliphatic hydroxyl groups is 1. The van der Waals surface area contributed by atoms with Crippen molar-refractivity contribution in [2.45, 2.75) is 25.4 Å². The first-order valence-corrected chi connectivity index (χ1v) is 6.93. The van der Waals surface area contributed by atoms with Crippen molar-refractivity contribution >= 4 is 6.08 Å². The number of fused-ring (bicyclic) bond motifs is 3. The third-order valence-electron chi connectivity index (χ3n) is 4.25. The van der Waals surface area contributed by atoms with Gasteiger partial charge in [0.05, 0.1) is 11.8 Å². The fourth-order valence-electron chi connectivity index (χ4n) is 3.22. The molecule has 0 bridgehead atoms. The van der Waals surface area contributed by atoms with Gasteiger partial charge in [-0.1, -0.05) is 30.4 Å². The number of hydrogen-bond acceptors (Lipinski definition) is 1. The second-order valence-electron chi connectivity index (χ2n) is 5.62. The van der Waals surface area contributed by atoms with Crippen molar-refractivity contribution < 1.29 is 5.11 Å². The normalized spacial score (nSPS) is 24.7. The Morgan fingerprint density at radius 3 is 2.79 bits per heavy atom. The van der Waals surface area contributed by atoms with E-state index in [0.29, 0.717) is 11.8 Å². The second kappa shape index (κ2) is 3.84. The van der Waals surface area contributed by atoms with Crippen molar-refractivity contribution in [3.05, 3.63) is 59.4 Å². The number of benzene rings is 1. The quantitative estimate of drug-likeness (QED) is 0.865. The molecule has 3 atom stereocenters. The van der Waals surface area contributed by atoms with E-state index in [4.69, 9.17) is 0 Å². The molecule has 2 aliphatic rings. The third kappa shape index (κ3) is 1.60. The van der Waals surface area contributed by atoms with E-state index in [9.17, 15) is 5.11 Å². The summed E-state index contributed by atoms with van der Waals surface area (Å²) >= 11 is 0. The van der Waals surface area contributed by atoms with Gasteiger partial charge in [0.1, 0.15) is 0 Å². The molecule has 1 fully saturated rings. The molecule has 2 heteroatoms. The minimum absolute atomic E-state index is 0.448. The van der Waals surface area contributed by atoms with Crippen LogP contribution in [0.4, 0.5) is 0 Å². The summed E-state index contributed by atoms with van der Waals surface area (Å²) in [6.07, 6.45) is 5.33. The van der Waals surface area contributed by atoms with Gasteiger partial charge in [-0.15, -0.1) is 0 Å². The molecule has 96 valence electrons. The SMILES string of the molecule is CC(O)c1cc2c(n1-c1ccccc1)C1C[C@@H]1C=C2. The fraction of sp³-hybridized carbons (Fsp3) is 0.294. The molecule has 1 aromatic carbocycles. The Morgan fingerprint density at radius 1 is 1.26 bits per heavy atom. The summed E-state index contributed by atoms with van der Waals surface area (Å²) < 4.78 is 2.26. The molecule has 2 unspecified atom stereocenters. The molecule has 4 rings (SSSR count). The largest absolute Gasteiger partial charge is 0.387 e. The number of nitrogens with zero attached hydrogens (tertiary/aromatic N) is 1. The van der Waals surface area contributed by atoms with Crippen LogP contribution in [0.15, 0.2) is 42.5 Å². The zero-order valence-corrected chi connectivity index (χ0v) is 11.0. The highest BCUT2D eigenvalue weighted by Gasteiger charge is 2.42. The molecule has 0 saturated heterocycles. The number of aromatic nitrogens is 1. The van der Waals surface area contributed by atoms with Gasteiger partial charge in [0.15, 0.2) is 0 Å². The maximum absolute atomic E-state index is 10.1. The fourth-order valence-corrected chi connectivity index (χ4v) is 3.22. The van der Waals surface area contributed by atoms with Gasteiger partial charge in [0.2, 0.25) is 0 Å². The van der Waals surface area contributed by atoms with Crippen LogP contribution in [0.5, 0.6) is 0 Å². The van der Waals surface area contributed by atoms with Gasteiger partial charge in [0.25, 0.3) is 0 Å². The van der Waals surface area contributed by atoms with Crippen LogP contribution in [0, 0.1) is 5.92 Å². The number of allylic oxidation sites excluding steroid dienone is 1. The van der Waals surface area contributed by atoms with Crippen molar-refractivity contribution in [3.8, 4) is 5.69 Å². The van der Waals surface area contributed by atoms with E-state index in [2.05, 4.69) is 47.1 Å². The highest BCUT2D eigenvalue weighted by atomic mass is 16.3. The molecule has 1 saturated carbocycles. The molecule has 1 heterocycles. The number of para-hydroxylation sites is 1. The summed E-state index contributed by atoms with van der Waals surface area (Å²) in [7, 11) is 0. The minimum atomic E-state index is -0.448. The van der Waals surface area contributed by atoms with Gasteiger partial charge in [-0.25, -0.2) is 0 Å². The molecule has 2 aromatic rings. The molecule has 2 aliphatic carbocycles. The van der Waals surface area contributed by atoms with Gasteiger partial charge in [-0.05, 0) is 43.0 Å². The molecular weight excluding hydrogens is 234 g/mol. The lowest BCUT2D eigenvalue weighted by Gasteiger charge is -2.16. The lowest BCUT2D eigenvalue weighted by Crippen LogP contribution is -2.07. The summed E-state index contributed by atoms with van der Waals surface area (Å²) in [4.78, 5) is 0. The van der Waals surface area contributed by atoms with E-state index in [1.165, 1.54) is 17.7 Å². The summed E-state index contributed by atoms with van der Waals surface area (Å²) in [6.45, 7) is 1.84. The van der Waals surface area contributed by atoms with Crippen molar-refractivity contribution in [3.63, 3.8) is 0 Å². The predicted molar refractivity (Wildman–Crippen MR) is 76.3 cm³/mol. The zero-order valence-electron chi connectivity index (χ0n) is 11.0. The maximum Gasteiger partial charge on any atom is 0.0915 e. The van der Waals surface area contributed by atoms with Crippen molar-refractivity contribution in [1.29, 1.82) is 0 Å². The lowest BCUT2D eigenvalue weighted by molar-refractivity contribution is 0.192. The van der Waals surface area contributed by atoms with Crippen LogP contribution in [0.25, 0.3) is 11.8 Å². The van der Waals surface area contributed by atoms with Crippen molar-refractivity contribution in [2.75, 3.05) is 0 Å². The van der Waals surface area contributed by atoms with Crippen LogP contribution >= 0.6 is 0 Å². The molecule has 0 aliphatic heterocycles. The van der Waals surface area contributed by atoms with Crippen molar-refractivity contribution in [1.82, 2.24) is 4.57 Å². The summed E-state index contributed by atoms with van der Waals surface area (Å²) in [5, 5.41) is 10.1. The van der Waals surface area contributed by atoms with Crippen LogP contribution in [-0.4, -0.2) is 9.67 Å². The molecule has 1 aromatic heterocycles. The minimum Gasteiger partial charge on any atom is -0.387 e. The van der Waals surface area contributed by atoms with Crippen LogP contribution < -0.4 is 0 Å². The van der Waals surface area contributed by atoms with Crippen LogP contribution in [0.1, 0.15) is 42.3 Å². The molecule has 0 radical (unpaired) electrons. The van der Waals surface area contributed by atoms with Gasteiger partial charge in [-0.3, -0.25) is 0 Å². The van der Waals surface area contributed by atoms with E-state index >= 15 is 0 Å². The summed E-state index contributed by atoms with van der Waals surface area (Å²) in [5.41, 5.74) is 4.81. The lowest BCUT2D eigenvalue weighted by atomic mass is 10.1. The topological polar surface area (TPSA) is 25.2 Å². The average Bonchev–Trinajstić information content (AvgIpc) is 3.11. The Hall–Kier alpha value is -1.80. The number of rotatable bonds is 2. The Bertz CT molecular complexity index is 651. The molecule has 0 spiro atoms. The Labute approximate surface area is 113 Å². The maximum atomic E-state index is 10.1. The van der Waals surface area contributed by atoms with E-state index in [-0.39, 0.29) is 0 Å². The van der Waals surface area contributed by atoms with Gasteiger partial charge >= 0.3 is 0 Å². The van der Waals surface area contributed by atoms with Gasteiger partial charge in [0, 0.05) is 17.3 Å². The monoisotopic (exact) mass is 251 g/mol. The van der Waals surface area contributed by atoms with Crippen LogP contribution in [-0.2, 0) is 0 Å². The summed E-state index contributed by atoms with van der Waals surface area (Å²) in [6, 6.07) is 12.5. The molecule has 19 heavy (non-hydrogen) atoms. The van der Waals surface area contributed by atoms with Gasteiger partial charge in [-0.2, -0.15) is 0 Å². The van der Waals surface area contributed by atoms with Crippen LogP contribution in [0.2, 0.25) is 0 Å². The highest BCUT2D eigenvalue weighted by Crippen LogP contribution is 2.54. The van der Waals surface area contributed by atoms with Crippen LogP contribution in [0.3, 0.4) is 0 Å². The molecule has 2 nitrogen and oxygen atoms in total. The Balaban J connectivity index is 1.98. The van der Waals surface area contributed by atoms with E-state index in [1.54, 1.807) is 0 Å². The van der Waals surface area contributed by atoms with E-state index in [1.807, 2.05) is 13.0 Å². The van der Waals surface area contributed by atoms with E-state index < -0.39 is 6.10 Å². The highest BCUT2D eigenvalue weighted by molar-refractivity contribution is 5.63. The van der Waals surface area contributed by atoms with E-state index in [0.717, 1.165) is 11.4 Å². The average molecular weight is 251 g/mol. The third-order valence-corrected chi connectivity index (χ3v) is 4.25. The second-order valence-corrected chi connectivity index (χ2v) is 5.62. The Kier molecular flexibility index (Phi) is 2.24. The number of hydrogen-bond donors (Lipinski definition) is 1. The Morgan fingerprint density at radius 2 is 2.05 bits per heavy atom. The first-order valence-electron chi connectivity index (χ1n) is 6.93. The molecule has 0 amide bonds. The van der Waals surface area contributed by atoms with Crippen molar-refractivity contribution in [2.24, 2.45) is 5.92 Å². The standard InChI is InChI=1S/C17H17NO/c1-11(19)16-10-13-8-7-12-9-15(12)17(13)18(16)14-5-3-2-4-6-14/h2-8,10-12,15,19H,9H2,1H3/t11?,12-,15?/m0/s1. The smallest absolute Gasteiger partial charge is 0.0915 e. The first-order chi connectivity index (χ1) is 9.25. The number of aliphatic hydroxyl groups excluding tert-OH is 1. The first kappa shape index (κ1) is 11.1. The zero-order chi connectivity index (χ0) is 13.0.